The quantitative estimate of drug-likeness (QED) is 0.560. The second-order valence-corrected chi connectivity index (χ2v) is 8.53. The molecule has 5 heteroatoms. The van der Waals surface area contributed by atoms with Crippen molar-refractivity contribution in [3.63, 3.8) is 0 Å². The van der Waals surface area contributed by atoms with Crippen molar-refractivity contribution in [2.45, 2.75) is 32.7 Å². The van der Waals surface area contributed by atoms with Crippen molar-refractivity contribution >= 4 is 11.5 Å². The summed E-state index contributed by atoms with van der Waals surface area (Å²) >= 11 is 0. The number of nitrogens with one attached hydrogen (secondary N) is 2. The minimum absolute atomic E-state index is 0.132. The zero-order chi connectivity index (χ0) is 23.2. The number of methoxy groups -OCH3 is 1. The molecule has 2 aromatic carbocycles. The molecule has 0 aliphatic carbocycles. The second kappa shape index (κ2) is 10.5. The van der Waals surface area contributed by atoms with Gasteiger partial charge in [-0.25, -0.2) is 0 Å². The summed E-state index contributed by atoms with van der Waals surface area (Å²) in [5.41, 5.74) is 8.11. The van der Waals surface area contributed by atoms with E-state index < -0.39 is 0 Å². The van der Waals surface area contributed by atoms with Gasteiger partial charge in [-0.3, -0.25) is 9.78 Å². The fourth-order valence-electron chi connectivity index (χ4n) is 4.23. The molecule has 0 bridgehead atoms. The van der Waals surface area contributed by atoms with Crippen LogP contribution in [0.2, 0.25) is 0 Å². The maximum atomic E-state index is 12.7. The van der Waals surface area contributed by atoms with Gasteiger partial charge < -0.3 is 15.4 Å². The summed E-state index contributed by atoms with van der Waals surface area (Å²) in [5.74, 6) is 0.393. The minimum Gasteiger partial charge on any atom is -0.495 e. The van der Waals surface area contributed by atoms with Gasteiger partial charge in [0.05, 0.1) is 24.9 Å². The van der Waals surface area contributed by atoms with Crippen LogP contribution in [0.15, 0.2) is 72.6 Å². The number of hydrogen-bond donors (Lipinski definition) is 2. The molecule has 1 atom stereocenters. The Morgan fingerprint density at radius 3 is 2.24 bits per heavy atom. The molecule has 0 saturated carbocycles. The minimum atomic E-state index is -0.171. The number of nitrogens with zero attached hydrogens (tertiary/aromatic N) is 1. The van der Waals surface area contributed by atoms with Crippen molar-refractivity contribution in [3.05, 3.63) is 100 Å². The molecule has 1 aliphatic heterocycles. The third-order valence-corrected chi connectivity index (χ3v) is 6.16. The number of amides is 1. The number of aryl methyl sites for hydroxylation is 1. The SMILES string of the molecule is COc1cncc(C(=O)N[C@H](C)c2ccc(C(=C3CCNCC3)c3ccc(C)cc3)cc2)c1. The van der Waals surface area contributed by atoms with Gasteiger partial charge in [0.25, 0.3) is 5.91 Å². The van der Waals surface area contributed by atoms with Crippen LogP contribution in [0.25, 0.3) is 5.57 Å². The maximum absolute atomic E-state index is 12.7. The zero-order valence-electron chi connectivity index (χ0n) is 19.5. The first-order valence-corrected chi connectivity index (χ1v) is 11.4. The number of carbonyl (C=O) groups is 1. The van der Waals surface area contributed by atoms with Crippen LogP contribution >= 0.6 is 0 Å². The van der Waals surface area contributed by atoms with Crippen LogP contribution in [0.4, 0.5) is 0 Å². The highest BCUT2D eigenvalue weighted by molar-refractivity contribution is 5.94. The first-order valence-electron chi connectivity index (χ1n) is 11.4. The van der Waals surface area contributed by atoms with Gasteiger partial charge in [0.1, 0.15) is 5.75 Å². The predicted molar refractivity (Wildman–Crippen MR) is 132 cm³/mol. The van der Waals surface area contributed by atoms with E-state index in [9.17, 15) is 4.79 Å². The van der Waals surface area contributed by atoms with Crippen LogP contribution in [-0.4, -0.2) is 31.1 Å². The number of piperidine rings is 1. The molecule has 1 aliphatic rings. The smallest absolute Gasteiger partial charge is 0.253 e. The Morgan fingerprint density at radius 2 is 1.61 bits per heavy atom. The van der Waals surface area contributed by atoms with Crippen LogP contribution in [-0.2, 0) is 0 Å². The highest BCUT2D eigenvalue weighted by Gasteiger charge is 2.16. The van der Waals surface area contributed by atoms with E-state index in [1.165, 1.54) is 27.8 Å². The first-order chi connectivity index (χ1) is 16.0. The molecule has 1 saturated heterocycles. The Kier molecular flexibility index (Phi) is 7.20. The molecule has 3 aromatic rings. The zero-order valence-corrected chi connectivity index (χ0v) is 19.5. The topological polar surface area (TPSA) is 63.2 Å². The molecule has 2 N–H and O–H groups in total. The molecule has 1 amide bonds. The highest BCUT2D eigenvalue weighted by Crippen LogP contribution is 2.32. The van der Waals surface area contributed by atoms with Crippen molar-refractivity contribution in [1.82, 2.24) is 15.6 Å². The molecule has 5 nitrogen and oxygen atoms in total. The van der Waals surface area contributed by atoms with Crippen molar-refractivity contribution in [1.29, 1.82) is 0 Å². The van der Waals surface area contributed by atoms with E-state index in [0.717, 1.165) is 31.5 Å². The van der Waals surface area contributed by atoms with Gasteiger partial charge in [-0.1, -0.05) is 59.7 Å². The summed E-state index contributed by atoms with van der Waals surface area (Å²) in [4.78, 5) is 16.7. The molecule has 2 heterocycles. The number of pyridine rings is 1. The average Bonchev–Trinajstić information content (AvgIpc) is 2.86. The molecule has 170 valence electrons. The molecule has 0 radical (unpaired) electrons. The van der Waals surface area contributed by atoms with Gasteiger partial charge in [0.2, 0.25) is 0 Å². The number of aromatic nitrogens is 1. The van der Waals surface area contributed by atoms with Crippen LogP contribution < -0.4 is 15.4 Å². The molecule has 4 rings (SSSR count). The molecule has 1 fully saturated rings. The van der Waals surface area contributed by atoms with Gasteiger partial charge in [-0.05, 0) is 68.1 Å². The third-order valence-electron chi connectivity index (χ3n) is 6.16. The van der Waals surface area contributed by atoms with Gasteiger partial charge in [-0.15, -0.1) is 0 Å². The average molecular weight is 442 g/mol. The number of carbonyl (C=O) groups excluding carboxylic acids is 1. The van der Waals surface area contributed by atoms with Crippen LogP contribution in [0.5, 0.6) is 5.75 Å². The van der Waals surface area contributed by atoms with Crippen molar-refractivity contribution in [2.24, 2.45) is 0 Å². The number of hydrogen-bond acceptors (Lipinski definition) is 4. The van der Waals surface area contributed by atoms with E-state index in [1.54, 1.807) is 25.6 Å². The monoisotopic (exact) mass is 441 g/mol. The highest BCUT2D eigenvalue weighted by atomic mass is 16.5. The Bertz CT molecular complexity index is 1130. The first kappa shape index (κ1) is 22.7. The van der Waals surface area contributed by atoms with Gasteiger partial charge in [0, 0.05) is 6.20 Å². The molecular formula is C28H31N3O2. The summed E-state index contributed by atoms with van der Waals surface area (Å²) in [5, 5.41) is 6.52. The Hall–Kier alpha value is -3.44. The normalized spacial score (nSPS) is 14.5. The Labute approximate surface area is 195 Å². The van der Waals surface area contributed by atoms with E-state index in [0.29, 0.717) is 11.3 Å². The van der Waals surface area contributed by atoms with Crippen molar-refractivity contribution in [3.8, 4) is 5.75 Å². The van der Waals surface area contributed by atoms with E-state index in [1.807, 2.05) is 6.92 Å². The standard InChI is InChI=1S/C28H31N3O2/c1-19-4-6-22(7-5-19)27(24-12-14-29-15-13-24)23-10-8-21(9-11-23)20(2)31-28(32)25-16-26(33-3)18-30-17-25/h4-11,16-18,20,29H,12-15H2,1-3H3,(H,31,32)/t20-/m1/s1. The summed E-state index contributed by atoms with van der Waals surface area (Å²) in [6.45, 7) is 6.15. The van der Waals surface area contributed by atoms with Crippen LogP contribution in [0.1, 0.15) is 58.4 Å². The summed E-state index contributed by atoms with van der Waals surface area (Å²) in [7, 11) is 1.56. The van der Waals surface area contributed by atoms with E-state index >= 15 is 0 Å². The molecule has 1 aromatic heterocycles. The lowest BCUT2D eigenvalue weighted by molar-refractivity contribution is 0.0939. The molecule has 33 heavy (non-hydrogen) atoms. The van der Waals surface area contributed by atoms with Crippen molar-refractivity contribution in [2.75, 3.05) is 20.2 Å². The summed E-state index contributed by atoms with van der Waals surface area (Å²) in [6, 6.07) is 18.9. The summed E-state index contributed by atoms with van der Waals surface area (Å²) in [6.07, 6.45) is 5.26. The van der Waals surface area contributed by atoms with E-state index in [-0.39, 0.29) is 11.9 Å². The van der Waals surface area contributed by atoms with E-state index in [2.05, 4.69) is 71.1 Å². The van der Waals surface area contributed by atoms with Gasteiger partial charge in [-0.2, -0.15) is 0 Å². The summed E-state index contributed by atoms with van der Waals surface area (Å²) < 4.78 is 5.17. The fraction of sp³-hybridized carbons (Fsp3) is 0.286. The molecule has 0 unspecified atom stereocenters. The number of rotatable bonds is 6. The molecule has 0 spiro atoms. The van der Waals surface area contributed by atoms with Crippen molar-refractivity contribution < 1.29 is 9.53 Å². The van der Waals surface area contributed by atoms with E-state index in [4.69, 9.17) is 4.74 Å². The number of benzene rings is 2. The maximum Gasteiger partial charge on any atom is 0.253 e. The molecular weight excluding hydrogens is 410 g/mol. The fourth-order valence-corrected chi connectivity index (χ4v) is 4.23. The van der Waals surface area contributed by atoms with Gasteiger partial charge >= 0.3 is 0 Å². The van der Waals surface area contributed by atoms with Crippen LogP contribution in [0, 0.1) is 6.92 Å². The second-order valence-electron chi connectivity index (χ2n) is 8.53. The Morgan fingerprint density at radius 1 is 0.970 bits per heavy atom. The Balaban J connectivity index is 1.56. The lowest BCUT2D eigenvalue weighted by Crippen LogP contribution is -2.26. The van der Waals surface area contributed by atoms with Crippen LogP contribution in [0.3, 0.4) is 0 Å². The lowest BCUT2D eigenvalue weighted by atomic mass is 9.88. The largest absolute Gasteiger partial charge is 0.495 e. The number of ether oxygens (including phenoxy) is 1. The third kappa shape index (κ3) is 5.49. The lowest BCUT2D eigenvalue weighted by Gasteiger charge is -2.22. The van der Waals surface area contributed by atoms with Gasteiger partial charge in [0.15, 0.2) is 0 Å². The predicted octanol–water partition coefficient (Wildman–Crippen LogP) is 5.07.